The maximum absolute atomic E-state index is 13.3. The average Bonchev–Trinajstić information content (AvgIpc) is 3.11. The van der Waals surface area contributed by atoms with Crippen LogP contribution >= 0.6 is 22.7 Å². The third-order valence-electron chi connectivity index (χ3n) is 3.51. The molecule has 1 nitrogen and oxygen atoms in total. The Bertz CT molecular complexity index is 703. The van der Waals surface area contributed by atoms with Crippen LogP contribution in [0.25, 0.3) is 10.1 Å². The van der Waals surface area contributed by atoms with Crippen LogP contribution in [0.4, 0.5) is 4.39 Å². The predicted molar refractivity (Wildman–Crippen MR) is 90.8 cm³/mol. The van der Waals surface area contributed by atoms with Crippen LogP contribution < -0.4 is 5.32 Å². The molecule has 0 saturated heterocycles. The maximum atomic E-state index is 13.3. The van der Waals surface area contributed by atoms with E-state index in [1.807, 2.05) is 6.07 Å². The lowest BCUT2D eigenvalue weighted by Crippen LogP contribution is -2.23. The lowest BCUT2D eigenvalue weighted by molar-refractivity contribution is 0.537. The summed E-state index contributed by atoms with van der Waals surface area (Å²) in [5, 5.41) is 9.07. The monoisotopic (exact) mass is 319 g/mol. The summed E-state index contributed by atoms with van der Waals surface area (Å²) in [7, 11) is 0. The molecule has 2 aromatic heterocycles. The fourth-order valence-electron chi connectivity index (χ4n) is 2.43. The molecule has 1 N–H and O–H groups in total. The first-order valence-electron chi connectivity index (χ1n) is 7.19. The van der Waals surface area contributed by atoms with Crippen molar-refractivity contribution in [3.05, 3.63) is 57.3 Å². The van der Waals surface area contributed by atoms with Gasteiger partial charge in [0.25, 0.3) is 0 Å². The molecule has 4 heteroatoms. The summed E-state index contributed by atoms with van der Waals surface area (Å²) < 4.78 is 14.4. The lowest BCUT2D eigenvalue weighted by Gasteiger charge is -2.16. The first kappa shape index (κ1) is 14.7. The van der Waals surface area contributed by atoms with Gasteiger partial charge in [-0.3, -0.25) is 0 Å². The summed E-state index contributed by atoms with van der Waals surface area (Å²) in [6, 6.07) is 9.71. The van der Waals surface area contributed by atoms with Crippen molar-refractivity contribution < 1.29 is 4.39 Å². The number of halogens is 1. The molecule has 0 radical (unpaired) electrons. The topological polar surface area (TPSA) is 12.0 Å². The summed E-state index contributed by atoms with van der Waals surface area (Å²) in [6.07, 6.45) is 2.10. The Morgan fingerprint density at radius 3 is 2.90 bits per heavy atom. The van der Waals surface area contributed by atoms with Gasteiger partial charge in [0, 0.05) is 15.6 Å². The fourth-order valence-corrected chi connectivity index (χ4v) is 4.28. The molecule has 1 unspecified atom stereocenters. The van der Waals surface area contributed by atoms with Crippen molar-refractivity contribution in [2.24, 2.45) is 0 Å². The van der Waals surface area contributed by atoms with Gasteiger partial charge in [0.2, 0.25) is 0 Å². The van der Waals surface area contributed by atoms with Crippen LogP contribution in [-0.2, 0) is 6.42 Å². The minimum absolute atomic E-state index is 0.160. The quantitative estimate of drug-likeness (QED) is 0.642. The molecule has 3 rings (SSSR count). The van der Waals surface area contributed by atoms with E-state index in [0.717, 1.165) is 29.5 Å². The largest absolute Gasteiger partial charge is 0.309 e. The molecule has 0 fully saturated rings. The van der Waals surface area contributed by atoms with Crippen molar-refractivity contribution >= 4 is 32.8 Å². The molecule has 0 aliphatic heterocycles. The summed E-state index contributed by atoms with van der Waals surface area (Å²) in [5.41, 5.74) is 1.36. The maximum Gasteiger partial charge on any atom is 0.124 e. The Morgan fingerprint density at radius 1 is 1.24 bits per heavy atom. The van der Waals surface area contributed by atoms with Crippen LogP contribution in [-0.4, -0.2) is 6.54 Å². The first-order chi connectivity index (χ1) is 10.3. The molecular formula is C17H18FNS2. The van der Waals surface area contributed by atoms with Gasteiger partial charge in [-0.15, -0.1) is 11.3 Å². The van der Waals surface area contributed by atoms with E-state index in [1.165, 1.54) is 16.5 Å². The molecular weight excluding hydrogens is 301 g/mol. The smallest absolute Gasteiger partial charge is 0.124 e. The van der Waals surface area contributed by atoms with Crippen molar-refractivity contribution in [1.29, 1.82) is 0 Å². The fraction of sp³-hybridized carbons (Fsp3) is 0.294. The first-order valence-corrected chi connectivity index (χ1v) is 8.95. The van der Waals surface area contributed by atoms with E-state index in [1.54, 1.807) is 28.7 Å². The number of thiophene rings is 2. The van der Waals surface area contributed by atoms with Crippen molar-refractivity contribution in [2.45, 2.75) is 25.8 Å². The number of hydrogen-bond donors (Lipinski definition) is 1. The minimum Gasteiger partial charge on any atom is -0.309 e. The molecule has 3 aromatic rings. The number of rotatable bonds is 6. The summed E-state index contributed by atoms with van der Waals surface area (Å²) in [5.74, 6) is -0.160. The van der Waals surface area contributed by atoms with Gasteiger partial charge in [0.05, 0.1) is 0 Å². The third kappa shape index (κ3) is 3.51. The Labute approximate surface area is 132 Å². The van der Waals surface area contributed by atoms with Crippen LogP contribution in [0.5, 0.6) is 0 Å². The third-order valence-corrected chi connectivity index (χ3v) is 5.45. The predicted octanol–water partition coefficient (Wildman–Crippen LogP) is 5.39. The molecule has 21 heavy (non-hydrogen) atoms. The standard InChI is InChI=1S/C17H18FNS2/c1-2-6-19-15(8-12-5-7-20-11-12)17-9-13-3-4-14(18)10-16(13)21-17/h3-5,7,9-11,15,19H,2,6,8H2,1H3. The molecule has 0 aliphatic carbocycles. The lowest BCUT2D eigenvalue weighted by atomic mass is 10.1. The highest BCUT2D eigenvalue weighted by atomic mass is 32.1. The highest BCUT2D eigenvalue weighted by molar-refractivity contribution is 7.19. The number of nitrogens with one attached hydrogen (secondary N) is 1. The van der Waals surface area contributed by atoms with E-state index in [0.29, 0.717) is 6.04 Å². The number of fused-ring (bicyclic) bond motifs is 1. The van der Waals surface area contributed by atoms with Gasteiger partial charge < -0.3 is 5.32 Å². The summed E-state index contributed by atoms with van der Waals surface area (Å²) >= 11 is 3.43. The van der Waals surface area contributed by atoms with Crippen molar-refractivity contribution in [2.75, 3.05) is 6.54 Å². The van der Waals surface area contributed by atoms with Gasteiger partial charge in [-0.25, -0.2) is 4.39 Å². The SMILES string of the molecule is CCCNC(Cc1ccsc1)c1cc2ccc(F)cc2s1. The molecule has 2 heterocycles. The second kappa shape index (κ2) is 6.69. The zero-order valence-electron chi connectivity index (χ0n) is 11.9. The van der Waals surface area contributed by atoms with Gasteiger partial charge in [-0.1, -0.05) is 13.0 Å². The molecule has 110 valence electrons. The van der Waals surface area contributed by atoms with E-state index in [2.05, 4.69) is 35.1 Å². The zero-order chi connectivity index (χ0) is 14.7. The Balaban J connectivity index is 1.89. The molecule has 0 amide bonds. The van der Waals surface area contributed by atoms with Crippen molar-refractivity contribution in [1.82, 2.24) is 5.32 Å². The number of hydrogen-bond acceptors (Lipinski definition) is 3. The van der Waals surface area contributed by atoms with Gasteiger partial charge >= 0.3 is 0 Å². The molecule has 0 aliphatic rings. The normalized spacial score (nSPS) is 12.9. The van der Waals surface area contributed by atoms with Crippen LogP contribution in [0.2, 0.25) is 0 Å². The Hall–Kier alpha value is -1.23. The van der Waals surface area contributed by atoms with Crippen LogP contribution in [0, 0.1) is 5.82 Å². The van der Waals surface area contributed by atoms with Gasteiger partial charge in [0.15, 0.2) is 0 Å². The highest BCUT2D eigenvalue weighted by Crippen LogP contribution is 2.32. The van der Waals surface area contributed by atoms with Crippen molar-refractivity contribution in [3.8, 4) is 0 Å². The minimum atomic E-state index is -0.160. The van der Waals surface area contributed by atoms with E-state index in [9.17, 15) is 4.39 Å². The van der Waals surface area contributed by atoms with Crippen LogP contribution in [0.3, 0.4) is 0 Å². The summed E-state index contributed by atoms with van der Waals surface area (Å²) in [4.78, 5) is 1.29. The van der Waals surface area contributed by atoms with Gasteiger partial charge in [-0.2, -0.15) is 11.3 Å². The molecule has 0 bridgehead atoms. The van der Waals surface area contributed by atoms with E-state index in [4.69, 9.17) is 0 Å². The molecule has 1 aromatic carbocycles. The van der Waals surface area contributed by atoms with Crippen LogP contribution in [0.15, 0.2) is 41.1 Å². The van der Waals surface area contributed by atoms with Crippen LogP contribution in [0.1, 0.15) is 29.8 Å². The van der Waals surface area contributed by atoms with Crippen molar-refractivity contribution in [3.63, 3.8) is 0 Å². The van der Waals surface area contributed by atoms with Gasteiger partial charge in [0.1, 0.15) is 5.82 Å². The average molecular weight is 319 g/mol. The van der Waals surface area contributed by atoms with Gasteiger partial charge in [-0.05, 0) is 65.4 Å². The molecule has 0 saturated carbocycles. The zero-order valence-corrected chi connectivity index (χ0v) is 13.6. The van der Waals surface area contributed by atoms with E-state index < -0.39 is 0 Å². The second-order valence-electron chi connectivity index (χ2n) is 5.17. The van der Waals surface area contributed by atoms with E-state index >= 15 is 0 Å². The highest BCUT2D eigenvalue weighted by Gasteiger charge is 2.15. The van der Waals surface area contributed by atoms with E-state index in [-0.39, 0.29) is 5.82 Å². The molecule has 1 atom stereocenters. The summed E-state index contributed by atoms with van der Waals surface area (Å²) in [6.45, 7) is 3.17. The second-order valence-corrected chi connectivity index (χ2v) is 7.07. The number of benzene rings is 1. The molecule has 0 spiro atoms. The Kier molecular flexibility index (Phi) is 4.68. The Morgan fingerprint density at radius 2 is 2.14 bits per heavy atom.